The van der Waals surface area contributed by atoms with Crippen LogP contribution in [0.1, 0.15) is 13.3 Å². The van der Waals surface area contributed by atoms with Crippen molar-refractivity contribution in [3.05, 3.63) is 28.6 Å². The second-order valence-corrected chi connectivity index (χ2v) is 4.91. The van der Waals surface area contributed by atoms with Crippen molar-refractivity contribution in [1.82, 2.24) is 4.57 Å². The van der Waals surface area contributed by atoms with Crippen LogP contribution in [0, 0.1) is 0 Å². The Morgan fingerprint density at radius 3 is 3.05 bits per heavy atom. The number of nitrogens with one attached hydrogen (secondary N) is 1. The molecule has 0 amide bonds. The molecule has 2 heterocycles. The van der Waals surface area contributed by atoms with E-state index < -0.39 is 0 Å². The van der Waals surface area contributed by atoms with Crippen LogP contribution in [-0.2, 0) is 7.05 Å². The standard InChI is InChI=1S/C14H17N3O2/c1-3-9-7-19-13-12(16-9)10-6-8(15)4-5-11(10)17(2)14(13)18/h4-6,9,16H,3,7,15H2,1-2H3. The Morgan fingerprint density at radius 1 is 1.53 bits per heavy atom. The second-order valence-electron chi connectivity index (χ2n) is 4.91. The van der Waals surface area contributed by atoms with E-state index in [0.29, 0.717) is 18.0 Å². The topological polar surface area (TPSA) is 69.3 Å². The summed E-state index contributed by atoms with van der Waals surface area (Å²) in [4.78, 5) is 12.3. The lowest BCUT2D eigenvalue weighted by atomic mass is 10.1. The van der Waals surface area contributed by atoms with E-state index in [1.54, 1.807) is 17.7 Å². The lowest BCUT2D eigenvalue weighted by Crippen LogP contribution is -2.35. The molecule has 5 heteroatoms. The molecule has 0 saturated heterocycles. The Morgan fingerprint density at radius 2 is 2.32 bits per heavy atom. The van der Waals surface area contributed by atoms with Gasteiger partial charge in [0.05, 0.1) is 17.2 Å². The van der Waals surface area contributed by atoms with E-state index in [1.165, 1.54) is 0 Å². The fourth-order valence-corrected chi connectivity index (χ4v) is 2.46. The molecule has 5 nitrogen and oxygen atoms in total. The molecule has 0 bridgehead atoms. The highest BCUT2D eigenvalue weighted by Gasteiger charge is 2.24. The van der Waals surface area contributed by atoms with Gasteiger partial charge in [0.15, 0.2) is 0 Å². The third-order valence-electron chi connectivity index (χ3n) is 3.65. The molecule has 3 rings (SSSR count). The number of nitrogens with zero attached hydrogens (tertiary/aromatic N) is 1. The van der Waals surface area contributed by atoms with Crippen LogP contribution < -0.4 is 21.3 Å². The van der Waals surface area contributed by atoms with Gasteiger partial charge in [-0.2, -0.15) is 0 Å². The quantitative estimate of drug-likeness (QED) is 0.765. The van der Waals surface area contributed by atoms with Gasteiger partial charge in [-0.1, -0.05) is 6.92 Å². The summed E-state index contributed by atoms with van der Waals surface area (Å²) in [7, 11) is 1.75. The summed E-state index contributed by atoms with van der Waals surface area (Å²) in [5.41, 5.74) is 8.03. The van der Waals surface area contributed by atoms with Gasteiger partial charge in [0.25, 0.3) is 5.56 Å². The molecule has 0 spiro atoms. The SMILES string of the molecule is CCC1COc2c(c3cc(N)ccc3n(C)c2=O)N1. The number of nitrogen functional groups attached to an aromatic ring is 1. The Labute approximate surface area is 111 Å². The molecule has 0 aliphatic carbocycles. The van der Waals surface area contributed by atoms with E-state index >= 15 is 0 Å². The number of aromatic nitrogens is 1. The van der Waals surface area contributed by atoms with Gasteiger partial charge in [-0.3, -0.25) is 4.79 Å². The Hall–Kier alpha value is -2.17. The highest BCUT2D eigenvalue weighted by Crippen LogP contribution is 2.34. The average molecular weight is 259 g/mol. The number of hydrogen-bond acceptors (Lipinski definition) is 4. The molecule has 19 heavy (non-hydrogen) atoms. The van der Waals surface area contributed by atoms with Gasteiger partial charge < -0.3 is 20.4 Å². The fraction of sp³-hybridized carbons (Fsp3) is 0.357. The summed E-state index contributed by atoms with van der Waals surface area (Å²) in [5.74, 6) is 0.394. The van der Waals surface area contributed by atoms with Crippen molar-refractivity contribution in [1.29, 1.82) is 0 Å². The minimum Gasteiger partial charge on any atom is -0.484 e. The van der Waals surface area contributed by atoms with E-state index in [0.717, 1.165) is 23.0 Å². The van der Waals surface area contributed by atoms with Crippen LogP contribution in [0.2, 0.25) is 0 Å². The molecule has 3 N–H and O–H groups in total. The van der Waals surface area contributed by atoms with Gasteiger partial charge in [-0.25, -0.2) is 0 Å². The van der Waals surface area contributed by atoms with E-state index in [9.17, 15) is 4.79 Å². The first-order valence-corrected chi connectivity index (χ1v) is 6.43. The number of ether oxygens (including phenoxy) is 1. The number of pyridine rings is 1. The summed E-state index contributed by atoms with van der Waals surface area (Å²) in [6, 6.07) is 5.77. The average Bonchev–Trinajstić information content (AvgIpc) is 2.44. The fourth-order valence-electron chi connectivity index (χ4n) is 2.46. The van der Waals surface area contributed by atoms with Gasteiger partial charge >= 0.3 is 0 Å². The molecule has 1 aromatic carbocycles. The number of benzene rings is 1. The first kappa shape index (κ1) is 11.9. The maximum atomic E-state index is 12.3. The normalized spacial score (nSPS) is 17.7. The van der Waals surface area contributed by atoms with Crippen LogP contribution in [0.5, 0.6) is 5.75 Å². The van der Waals surface area contributed by atoms with Crippen molar-refractivity contribution < 1.29 is 4.74 Å². The molecule has 100 valence electrons. The molecule has 2 aromatic rings. The van der Waals surface area contributed by atoms with E-state index in [2.05, 4.69) is 12.2 Å². The zero-order chi connectivity index (χ0) is 13.6. The molecule has 0 fully saturated rings. The van der Waals surface area contributed by atoms with Gasteiger partial charge in [0.1, 0.15) is 6.61 Å². The number of fused-ring (bicyclic) bond motifs is 3. The molecule has 1 unspecified atom stereocenters. The maximum absolute atomic E-state index is 12.3. The molecule has 0 saturated carbocycles. The number of hydrogen-bond donors (Lipinski definition) is 2. The van der Waals surface area contributed by atoms with Crippen molar-refractivity contribution in [2.24, 2.45) is 7.05 Å². The van der Waals surface area contributed by atoms with Crippen LogP contribution in [-0.4, -0.2) is 17.2 Å². The Balaban J connectivity index is 2.35. The van der Waals surface area contributed by atoms with E-state index in [1.807, 2.05) is 12.1 Å². The number of rotatable bonds is 1. The zero-order valence-corrected chi connectivity index (χ0v) is 11.1. The summed E-state index contributed by atoms with van der Waals surface area (Å²) in [5, 5.41) is 4.32. The highest BCUT2D eigenvalue weighted by atomic mass is 16.5. The van der Waals surface area contributed by atoms with Gasteiger partial charge in [0.2, 0.25) is 5.75 Å². The second kappa shape index (κ2) is 4.19. The lowest BCUT2D eigenvalue weighted by Gasteiger charge is -2.28. The van der Waals surface area contributed by atoms with Gasteiger partial charge in [-0.05, 0) is 24.6 Å². The molecule has 1 aromatic heterocycles. The van der Waals surface area contributed by atoms with E-state index in [-0.39, 0.29) is 11.6 Å². The van der Waals surface area contributed by atoms with Crippen LogP contribution >= 0.6 is 0 Å². The van der Waals surface area contributed by atoms with Gasteiger partial charge in [0, 0.05) is 18.1 Å². The minimum absolute atomic E-state index is 0.116. The van der Waals surface area contributed by atoms with Crippen LogP contribution in [0.15, 0.2) is 23.0 Å². The third kappa shape index (κ3) is 1.73. The van der Waals surface area contributed by atoms with E-state index in [4.69, 9.17) is 10.5 Å². The van der Waals surface area contributed by atoms with Crippen LogP contribution in [0.25, 0.3) is 10.9 Å². The molecule has 1 aliphatic rings. The maximum Gasteiger partial charge on any atom is 0.295 e. The Bertz CT molecular complexity index is 706. The monoisotopic (exact) mass is 259 g/mol. The van der Waals surface area contributed by atoms with Crippen molar-refractivity contribution in [3.63, 3.8) is 0 Å². The minimum atomic E-state index is -0.116. The van der Waals surface area contributed by atoms with Crippen molar-refractivity contribution in [2.75, 3.05) is 17.7 Å². The van der Waals surface area contributed by atoms with Crippen molar-refractivity contribution in [3.8, 4) is 5.75 Å². The predicted octanol–water partition coefficient (Wildman–Crippen LogP) is 1.70. The number of anilines is 2. The molecule has 1 aliphatic heterocycles. The predicted molar refractivity (Wildman–Crippen MR) is 76.8 cm³/mol. The van der Waals surface area contributed by atoms with Crippen LogP contribution in [0.3, 0.4) is 0 Å². The number of nitrogens with two attached hydrogens (primary N) is 1. The third-order valence-corrected chi connectivity index (χ3v) is 3.65. The Kier molecular flexibility index (Phi) is 2.62. The first-order chi connectivity index (χ1) is 9.11. The summed E-state index contributed by atoms with van der Waals surface area (Å²) < 4.78 is 7.25. The van der Waals surface area contributed by atoms with Crippen molar-refractivity contribution in [2.45, 2.75) is 19.4 Å². The highest BCUT2D eigenvalue weighted by molar-refractivity contribution is 5.96. The zero-order valence-electron chi connectivity index (χ0n) is 11.1. The molecule has 0 radical (unpaired) electrons. The summed E-state index contributed by atoms with van der Waals surface area (Å²) in [6.45, 7) is 2.61. The summed E-state index contributed by atoms with van der Waals surface area (Å²) >= 11 is 0. The van der Waals surface area contributed by atoms with Gasteiger partial charge in [-0.15, -0.1) is 0 Å². The lowest BCUT2D eigenvalue weighted by molar-refractivity contribution is 0.277. The molecular formula is C14H17N3O2. The molecule has 1 atom stereocenters. The smallest absolute Gasteiger partial charge is 0.295 e. The van der Waals surface area contributed by atoms with Crippen molar-refractivity contribution >= 4 is 22.3 Å². The largest absolute Gasteiger partial charge is 0.484 e. The first-order valence-electron chi connectivity index (χ1n) is 6.43. The molecular weight excluding hydrogens is 242 g/mol. The number of aryl methyl sites for hydroxylation is 1. The van der Waals surface area contributed by atoms with Crippen LogP contribution in [0.4, 0.5) is 11.4 Å². The summed E-state index contributed by atoms with van der Waals surface area (Å²) in [6.07, 6.45) is 0.943.